The molecule has 0 aliphatic carbocycles. The number of allylic oxidation sites excluding steroid dienone is 2. The normalized spacial score (nSPS) is 12.0. The van der Waals surface area contributed by atoms with Crippen LogP contribution in [0.4, 0.5) is 17.1 Å². The second kappa shape index (κ2) is 14.0. The lowest BCUT2D eigenvalue weighted by Crippen LogP contribution is -2.15. The highest BCUT2D eigenvalue weighted by atomic mass is 32.2. The number of ether oxygens (including phenoxy) is 2. The number of fused-ring (bicyclic) bond motifs is 1. The molecule has 5 aromatic rings. The number of carbonyl (C=O) groups excluding carboxylic acids is 2. The predicted molar refractivity (Wildman–Crippen MR) is 193 cm³/mol. The summed E-state index contributed by atoms with van der Waals surface area (Å²) in [6, 6.07) is 27.4. The molecule has 0 amide bonds. The van der Waals surface area contributed by atoms with Gasteiger partial charge in [-0.1, -0.05) is 66.8 Å². The summed E-state index contributed by atoms with van der Waals surface area (Å²) in [7, 11) is 0. The molecule has 0 N–H and O–H groups in total. The zero-order valence-electron chi connectivity index (χ0n) is 25.7. The lowest BCUT2D eigenvalue weighted by molar-refractivity contribution is 0.103. The monoisotopic (exact) mass is 663 g/mol. The molecule has 5 nitrogen and oxygen atoms in total. The lowest BCUT2D eigenvalue weighted by atomic mass is 10.1. The molecule has 0 bridgehead atoms. The van der Waals surface area contributed by atoms with Gasteiger partial charge in [-0.3, -0.25) is 9.59 Å². The van der Waals surface area contributed by atoms with Crippen molar-refractivity contribution in [3.63, 3.8) is 0 Å². The van der Waals surface area contributed by atoms with Crippen LogP contribution in [0.1, 0.15) is 40.9 Å². The molecule has 3 aromatic carbocycles. The lowest BCUT2D eigenvalue weighted by Gasteiger charge is -2.26. The van der Waals surface area contributed by atoms with Crippen molar-refractivity contribution < 1.29 is 19.1 Å². The van der Waals surface area contributed by atoms with Crippen LogP contribution in [-0.2, 0) is 11.5 Å². The van der Waals surface area contributed by atoms with Crippen LogP contribution in [0, 0.1) is 13.8 Å². The van der Waals surface area contributed by atoms with Crippen LogP contribution in [-0.4, -0.2) is 25.3 Å². The second-order valence-electron chi connectivity index (χ2n) is 10.9. The van der Waals surface area contributed by atoms with E-state index in [1.165, 1.54) is 28.5 Å². The van der Waals surface area contributed by atoms with Crippen molar-refractivity contribution in [2.45, 2.75) is 25.4 Å². The fraction of sp³-hybridized carbons (Fsp3) is 0.158. The van der Waals surface area contributed by atoms with E-state index < -0.39 is 0 Å². The minimum atomic E-state index is -0.200. The number of hydrogen-bond acceptors (Lipinski definition) is 8. The SMILES string of the molecule is C=CC(=C)C(=O)c1cc(C=O)sc1CSCc1sc(-c2ccc(N(c3ccc(C)cc3)c3ccc(C)cc3)cc2)c2c1OCCO2. The molecule has 0 spiro atoms. The second-order valence-corrected chi connectivity index (χ2v) is 14.2. The number of Topliss-reactive ketones (excluding diaryl/α,β-unsaturated/α-hetero) is 1. The molecular formula is C38H33NO4S3. The van der Waals surface area contributed by atoms with E-state index in [1.54, 1.807) is 29.2 Å². The number of anilines is 3. The van der Waals surface area contributed by atoms with Crippen molar-refractivity contribution in [3.8, 4) is 21.9 Å². The molecule has 0 unspecified atom stereocenters. The van der Waals surface area contributed by atoms with Crippen LogP contribution >= 0.6 is 34.4 Å². The standard InChI is InChI=1S/C38H33NO4S3/c1-5-26(4)35(41)32-20-31(21-40)45-33(32)22-44-23-34-36-37(43-19-18-42-36)38(46-34)27-10-16-30(17-11-27)39(28-12-6-24(2)7-13-28)29-14-8-25(3)9-15-29/h5-17,20-21H,1,4,18-19,22-23H2,2-3H3. The van der Waals surface area contributed by atoms with Crippen LogP contribution in [0.15, 0.2) is 104 Å². The van der Waals surface area contributed by atoms with E-state index >= 15 is 0 Å². The topological polar surface area (TPSA) is 55.8 Å². The van der Waals surface area contributed by atoms with Gasteiger partial charge in [0.15, 0.2) is 23.6 Å². The van der Waals surface area contributed by atoms with E-state index in [1.807, 2.05) is 0 Å². The number of hydrogen-bond donors (Lipinski definition) is 0. The van der Waals surface area contributed by atoms with Gasteiger partial charge in [-0.2, -0.15) is 11.8 Å². The molecule has 0 fully saturated rings. The Morgan fingerprint density at radius 1 is 0.826 bits per heavy atom. The number of benzene rings is 3. The van der Waals surface area contributed by atoms with E-state index in [2.05, 4.69) is 105 Å². The number of carbonyl (C=O) groups is 2. The Balaban J connectivity index is 1.26. The summed E-state index contributed by atoms with van der Waals surface area (Å²) in [5.74, 6) is 2.63. The number of aldehydes is 1. The summed E-state index contributed by atoms with van der Waals surface area (Å²) in [5.41, 5.74) is 7.58. The molecule has 6 rings (SSSR count). The first-order valence-electron chi connectivity index (χ1n) is 14.8. The third-order valence-electron chi connectivity index (χ3n) is 7.63. The van der Waals surface area contributed by atoms with Crippen molar-refractivity contribution in [3.05, 3.63) is 135 Å². The maximum absolute atomic E-state index is 12.8. The van der Waals surface area contributed by atoms with Gasteiger partial charge in [0, 0.05) is 44.6 Å². The molecule has 232 valence electrons. The first kappa shape index (κ1) is 31.6. The Morgan fingerprint density at radius 3 is 1.93 bits per heavy atom. The highest BCUT2D eigenvalue weighted by Crippen LogP contribution is 2.51. The smallest absolute Gasteiger partial charge is 0.193 e. The molecule has 1 aliphatic heterocycles. The van der Waals surface area contributed by atoms with Crippen LogP contribution < -0.4 is 14.4 Å². The summed E-state index contributed by atoms with van der Waals surface area (Å²) < 4.78 is 12.3. The summed E-state index contributed by atoms with van der Waals surface area (Å²) in [5, 5.41) is 0. The molecule has 2 aromatic heterocycles. The van der Waals surface area contributed by atoms with Gasteiger partial charge in [0.1, 0.15) is 13.2 Å². The predicted octanol–water partition coefficient (Wildman–Crippen LogP) is 10.5. The van der Waals surface area contributed by atoms with E-state index in [4.69, 9.17) is 9.47 Å². The molecule has 0 radical (unpaired) electrons. The highest BCUT2D eigenvalue weighted by Gasteiger charge is 2.26. The molecule has 8 heteroatoms. The molecule has 0 saturated carbocycles. The van der Waals surface area contributed by atoms with Crippen molar-refractivity contribution in [1.82, 2.24) is 0 Å². The Labute approximate surface area is 281 Å². The maximum Gasteiger partial charge on any atom is 0.193 e. The van der Waals surface area contributed by atoms with Gasteiger partial charge in [0.05, 0.1) is 14.6 Å². The highest BCUT2D eigenvalue weighted by molar-refractivity contribution is 7.98. The zero-order chi connectivity index (χ0) is 32.2. The van der Waals surface area contributed by atoms with Crippen molar-refractivity contribution in [1.29, 1.82) is 0 Å². The van der Waals surface area contributed by atoms with E-state index in [0.717, 1.165) is 55.0 Å². The molecular weight excluding hydrogens is 631 g/mol. The number of ketones is 1. The Morgan fingerprint density at radius 2 is 1.37 bits per heavy atom. The van der Waals surface area contributed by atoms with Crippen molar-refractivity contribution >= 4 is 63.6 Å². The van der Waals surface area contributed by atoms with Gasteiger partial charge >= 0.3 is 0 Å². The summed E-state index contributed by atoms with van der Waals surface area (Å²) >= 11 is 4.69. The molecule has 0 saturated heterocycles. The van der Waals surface area contributed by atoms with Gasteiger partial charge < -0.3 is 14.4 Å². The molecule has 3 heterocycles. The fourth-order valence-electron chi connectivity index (χ4n) is 5.20. The van der Waals surface area contributed by atoms with Gasteiger partial charge in [-0.15, -0.1) is 22.7 Å². The van der Waals surface area contributed by atoms with Crippen LogP contribution in [0.5, 0.6) is 11.5 Å². The summed E-state index contributed by atoms with van der Waals surface area (Å²) in [6.07, 6.45) is 2.23. The van der Waals surface area contributed by atoms with Crippen molar-refractivity contribution in [2.24, 2.45) is 0 Å². The third kappa shape index (κ3) is 6.60. The molecule has 1 aliphatic rings. The zero-order valence-corrected chi connectivity index (χ0v) is 28.2. The quantitative estimate of drug-likeness (QED) is 0.0573. The Kier molecular flexibility index (Phi) is 9.59. The molecule has 0 atom stereocenters. The van der Waals surface area contributed by atoms with Crippen LogP contribution in [0.2, 0.25) is 0 Å². The summed E-state index contributed by atoms with van der Waals surface area (Å²) in [4.78, 5) is 30.1. The Bertz CT molecular complexity index is 1860. The minimum Gasteiger partial charge on any atom is -0.485 e. The van der Waals surface area contributed by atoms with Crippen molar-refractivity contribution in [2.75, 3.05) is 18.1 Å². The maximum atomic E-state index is 12.8. The minimum absolute atomic E-state index is 0.200. The van der Waals surface area contributed by atoms with Gasteiger partial charge in [0.25, 0.3) is 0 Å². The van der Waals surface area contributed by atoms with E-state index in [-0.39, 0.29) is 5.78 Å². The first-order chi connectivity index (χ1) is 22.4. The average Bonchev–Trinajstić information content (AvgIpc) is 3.68. The van der Waals surface area contributed by atoms with Gasteiger partial charge in [-0.05, 0) is 61.9 Å². The largest absolute Gasteiger partial charge is 0.485 e. The molecule has 46 heavy (non-hydrogen) atoms. The van der Waals surface area contributed by atoms with E-state index in [9.17, 15) is 9.59 Å². The number of rotatable bonds is 12. The third-order valence-corrected chi connectivity index (χ3v) is 11.2. The number of nitrogens with zero attached hydrogens (tertiary/aromatic N) is 1. The average molecular weight is 664 g/mol. The number of thioether (sulfide) groups is 1. The first-order valence-corrected chi connectivity index (χ1v) is 17.6. The fourth-order valence-corrected chi connectivity index (χ4v) is 8.69. The number of thiophene rings is 2. The van der Waals surface area contributed by atoms with Gasteiger partial charge in [-0.25, -0.2) is 0 Å². The van der Waals surface area contributed by atoms with Crippen LogP contribution in [0.3, 0.4) is 0 Å². The Hall–Kier alpha value is -4.37. The summed E-state index contributed by atoms with van der Waals surface area (Å²) in [6.45, 7) is 12.6. The number of aryl methyl sites for hydroxylation is 2. The van der Waals surface area contributed by atoms with Gasteiger partial charge in [0.2, 0.25) is 0 Å². The van der Waals surface area contributed by atoms with Crippen LogP contribution in [0.25, 0.3) is 10.4 Å². The van der Waals surface area contributed by atoms with E-state index in [0.29, 0.717) is 40.7 Å².